The number of benzene rings is 1. The average molecular weight is 354 g/mol. The Bertz CT molecular complexity index is 680. The largest absolute Gasteiger partial charge is 0.385 e. The topological polar surface area (TPSA) is 63.2 Å². The number of carbonyl (C=O) groups excluding carboxylic acids is 1. The minimum Gasteiger partial charge on any atom is -0.385 e. The molecule has 0 aliphatic rings. The predicted octanol–water partition coefficient (Wildman–Crippen LogP) is 4.09. The van der Waals surface area contributed by atoms with Crippen molar-refractivity contribution in [1.29, 1.82) is 0 Å². The van der Waals surface area contributed by atoms with Crippen LogP contribution in [0, 0.1) is 0 Å². The first-order chi connectivity index (χ1) is 11.1. The number of nitrogens with one attached hydrogen (secondary N) is 2. The number of nitrogens with zero attached hydrogens (tertiary/aromatic N) is 1. The minimum atomic E-state index is -0.245. The molecule has 23 heavy (non-hydrogen) atoms. The summed E-state index contributed by atoms with van der Waals surface area (Å²) in [5, 5.41) is 6.75. The standard InChI is InChI=1S/C16H17Cl2N3O2/c1-23-8-2-6-19-15-9-11(5-7-20-15)16(22)21-12-3-4-13(17)14(18)10-12/h3-5,7,9-10H,2,6,8H2,1H3,(H,19,20)(H,21,22). The monoisotopic (exact) mass is 353 g/mol. The van der Waals surface area contributed by atoms with Crippen LogP contribution in [0.1, 0.15) is 16.8 Å². The zero-order chi connectivity index (χ0) is 16.7. The van der Waals surface area contributed by atoms with Crippen molar-refractivity contribution in [3.63, 3.8) is 0 Å². The number of aromatic nitrogens is 1. The summed E-state index contributed by atoms with van der Waals surface area (Å²) in [4.78, 5) is 16.5. The van der Waals surface area contributed by atoms with E-state index in [2.05, 4.69) is 15.6 Å². The van der Waals surface area contributed by atoms with Crippen LogP contribution in [0.25, 0.3) is 0 Å². The maximum atomic E-state index is 12.3. The Labute approximate surface area is 145 Å². The third kappa shape index (κ3) is 5.39. The van der Waals surface area contributed by atoms with Crippen LogP contribution in [0.15, 0.2) is 36.5 Å². The third-order valence-electron chi connectivity index (χ3n) is 3.03. The molecule has 0 spiro atoms. The lowest BCUT2D eigenvalue weighted by atomic mass is 10.2. The van der Waals surface area contributed by atoms with Gasteiger partial charge in [0.1, 0.15) is 5.82 Å². The number of anilines is 2. The number of rotatable bonds is 7. The summed E-state index contributed by atoms with van der Waals surface area (Å²) < 4.78 is 4.98. The fraction of sp³-hybridized carbons (Fsp3) is 0.250. The van der Waals surface area contributed by atoms with E-state index >= 15 is 0 Å². The zero-order valence-corrected chi connectivity index (χ0v) is 14.1. The van der Waals surface area contributed by atoms with Crippen molar-refractivity contribution in [3.05, 3.63) is 52.1 Å². The SMILES string of the molecule is COCCCNc1cc(C(=O)Nc2ccc(Cl)c(Cl)c2)ccn1. The first-order valence-electron chi connectivity index (χ1n) is 7.05. The molecule has 0 radical (unpaired) electrons. The van der Waals surface area contributed by atoms with Crippen LogP contribution in [-0.4, -0.2) is 31.2 Å². The van der Waals surface area contributed by atoms with Gasteiger partial charge in [0.2, 0.25) is 0 Å². The molecule has 0 atom stereocenters. The van der Waals surface area contributed by atoms with Crippen LogP contribution in [-0.2, 0) is 4.74 Å². The molecule has 0 aliphatic carbocycles. The van der Waals surface area contributed by atoms with Gasteiger partial charge in [-0.15, -0.1) is 0 Å². The number of methoxy groups -OCH3 is 1. The lowest BCUT2D eigenvalue weighted by molar-refractivity contribution is 0.102. The normalized spacial score (nSPS) is 10.4. The van der Waals surface area contributed by atoms with E-state index in [9.17, 15) is 4.79 Å². The fourth-order valence-corrected chi connectivity index (χ4v) is 2.18. The Kier molecular flexibility index (Phi) is 6.65. The lowest BCUT2D eigenvalue weighted by Gasteiger charge is -2.09. The summed E-state index contributed by atoms with van der Waals surface area (Å²) in [6.07, 6.45) is 2.44. The molecule has 0 unspecified atom stereocenters. The van der Waals surface area contributed by atoms with Crippen molar-refractivity contribution in [2.75, 3.05) is 30.9 Å². The summed E-state index contributed by atoms with van der Waals surface area (Å²) in [6, 6.07) is 8.27. The van der Waals surface area contributed by atoms with E-state index in [0.29, 0.717) is 33.7 Å². The summed E-state index contributed by atoms with van der Waals surface area (Å²) in [7, 11) is 1.66. The zero-order valence-electron chi connectivity index (χ0n) is 12.6. The molecule has 2 rings (SSSR count). The van der Waals surface area contributed by atoms with Gasteiger partial charge >= 0.3 is 0 Å². The van der Waals surface area contributed by atoms with Gasteiger partial charge in [0, 0.05) is 37.7 Å². The molecule has 0 saturated heterocycles. The van der Waals surface area contributed by atoms with Gasteiger partial charge in [-0.1, -0.05) is 23.2 Å². The van der Waals surface area contributed by atoms with E-state index in [4.69, 9.17) is 27.9 Å². The molecule has 1 amide bonds. The van der Waals surface area contributed by atoms with E-state index in [1.165, 1.54) is 0 Å². The number of pyridine rings is 1. The van der Waals surface area contributed by atoms with Crippen molar-refractivity contribution in [3.8, 4) is 0 Å². The second-order valence-electron chi connectivity index (χ2n) is 4.79. The predicted molar refractivity (Wildman–Crippen MR) is 93.6 cm³/mol. The van der Waals surface area contributed by atoms with Crippen LogP contribution in [0.4, 0.5) is 11.5 Å². The van der Waals surface area contributed by atoms with E-state index < -0.39 is 0 Å². The number of hydrogen-bond donors (Lipinski definition) is 2. The van der Waals surface area contributed by atoms with Crippen LogP contribution in [0.3, 0.4) is 0 Å². The van der Waals surface area contributed by atoms with Gasteiger partial charge in [0.05, 0.1) is 10.0 Å². The summed E-state index contributed by atoms with van der Waals surface area (Å²) in [5.74, 6) is 0.397. The van der Waals surface area contributed by atoms with E-state index in [1.54, 1.807) is 43.6 Å². The van der Waals surface area contributed by atoms with Gasteiger partial charge < -0.3 is 15.4 Å². The second kappa shape index (κ2) is 8.72. The van der Waals surface area contributed by atoms with E-state index in [0.717, 1.165) is 13.0 Å². The van der Waals surface area contributed by atoms with Gasteiger partial charge in [-0.05, 0) is 36.8 Å². The van der Waals surface area contributed by atoms with Gasteiger partial charge in [-0.3, -0.25) is 4.79 Å². The molecule has 5 nitrogen and oxygen atoms in total. The van der Waals surface area contributed by atoms with E-state index in [-0.39, 0.29) is 5.91 Å². The first kappa shape index (κ1) is 17.5. The number of halogens is 2. The Balaban J connectivity index is 2.00. The first-order valence-corrected chi connectivity index (χ1v) is 7.81. The molecule has 1 heterocycles. The number of ether oxygens (including phenoxy) is 1. The lowest BCUT2D eigenvalue weighted by Crippen LogP contribution is -2.13. The van der Waals surface area contributed by atoms with Gasteiger partial charge in [0.15, 0.2) is 0 Å². The Morgan fingerprint density at radius 3 is 2.78 bits per heavy atom. The highest BCUT2D eigenvalue weighted by Crippen LogP contribution is 2.25. The Morgan fingerprint density at radius 2 is 2.04 bits per heavy atom. The molecule has 1 aromatic heterocycles. The minimum absolute atomic E-state index is 0.245. The Hall–Kier alpha value is -1.82. The van der Waals surface area contributed by atoms with E-state index in [1.807, 2.05) is 0 Å². The van der Waals surface area contributed by atoms with Crippen molar-refractivity contribution >= 4 is 40.6 Å². The summed E-state index contributed by atoms with van der Waals surface area (Å²) >= 11 is 11.8. The fourth-order valence-electron chi connectivity index (χ4n) is 1.88. The molecule has 122 valence electrons. The van der Waals surface area contributed by atoms with Gasteiger partial charge in [-0.25, -0.2) is 4.98 Å². The molecule has 0 saturated carbocycles. The van der Waals surface area contributed by atoms with Crippen molar-refractivity contribution in [2.24, 2.45) is 0 Å². The van der Waals surface area contributed by atoms with Crippen molar-refractivity contribution in [2.45, 2.75) is 6.42 Å². The van der Waals surface area contributed by atoms with Crippen LogP contribution in [0.5, 0.6) is 0 Å². The Morgan fingerprint density at radius 1 is 1.22 bits per heavy atom. The molecule has 7 heteroatoms. The summed E-state index contributed by atoms with van der Waals surface area (Å²) in [6.45, 7) is 1.39. The smallest absolute Gasteiger partial charge is 0.255 e. The highest BCUT2D eigenvalue weighted by atomic mass is 35.5. The molecule has 0 bridgehead atoms. The van der Waals surface area contributed by atoms with Crippen LogP contribution in [0.2, 0.25) is 10.0 Å². The average Bonchev–Trinajstić information content (AvgIpc) is 2.55. The maximum absolute atomic E-state index is 12.3. The van der Waals surface area contributed by atoms with Crippen molar-refractivity contribution < 1.29 is 9.53 Å². The quantitative estimate of drug-likeness (QED) is 0.735. The molecular weight excluding hydrogens is 337 g/mol. The van der Waals surface area contributed by atoms with Crippen molar-refractivity contribution in [1.82, 2.24) is 4.98 Å². The number of amides is 1. The van der Waals surface area contributed by atoms with Crippen LogP contribution >= 0.6 is 23.2 Å². The molecule has 0 fully saturated rings. The highest BCUT2D eigenvalue weighted by Gasteiger charge is 2.08. The molecule has 1 aromatic carbocycles. The maximum Gasteiger partial charge on any atom is 0.255 e. The third-order valence-corrected chi connectivity index (χ3v) is 3.77. The van der Waals surface area contributed by atoms with Crippen LogP contribution < -0.4 is 10.6 Å². The summed E-state index contributed by atoms with van der Waals surface area (Å²) in [5.41, 5.74) is 1.08. The molecule has 0 aliphatic heterocycles. The number of carbonyl (C=O) groups is 1. The second-order valence-corrected chi connectivity index (χ2v) is 5.60. The molecule has 2 aromatic rings. The molecular formula is C16H17Cl2N3O2. The van der Waals surface area contributed by atoms with Gasteiger partial charge in [0.25, 0.3) is 5.91 Å². The van der Waals surface area contributed by atoms with Gasteiger partial charge in [-0.2, -0.15) is 0 Å². The molecule has 2 N–H and O–H groups in total. The highest BCUT2D eigenvalue weighted by molar-refractivity contribution is 6.42. The number of hydrogen-bond acceptors (Lipinski definition) is 4.